The summed E-state index contributed by atoms with van der Waals surface area (Å²) in [5.41, 5.74) is 2.99. The third-order valence-corrected chi connectivity index (χ3v) is 3.26. The Balaban J connectivity index is 1.78. The quantitative estimate of drug-likeness (QED) is 0.844. The lowest BCUT2D eigenvalue weighted by molar-refractivity contribution is 0.605. The largest absolute Gasteiger partial charge is 0.359 e. The summed E-state index contributed by atoms with van der Waals surface area (Å²) in [7, 11) is 0. The molecule has 2 aromatic carbocycles. The molecule has 20 heavy (non-hydrogen) atoms. The first-order valence-corrected chi connectivity index (χ1v) is 6.86. The normalized spacial score (nSPS) is 10.1. The van der Waals surface area contributed by atoms with Crippen LogP contribution in [0.25, 0.3) is 0 Å². The topological polar surface area (TPSA) is 24.1 Å². The molecular weight excluding hydrogens is 271 g/mol. The van der Waals surface area contributed by atoms with E-state index in [4.69, 9.17) is 12.2 Å². The van der Waals surface area contributed by atoms with Gasteiger partial charge in [-0.05, 0) is 30.8 Å². The summed E-state index contributed by atoms with van der Waals surface area (Å²) in [4.78, 5) is 0. The summed E-state index contributed by atoms with van der Waals surface area (Å²) in [6.07, 6.45) is 0. The molecule has 0 radical (unpaired) electrons. The molecule has 0 spiro atoms. The third-order valence-electron chi connectivity index (χ3n) is 2.97. The maximum atomic E-state index is 13.4. The average Bonchev–Trinajstić information content (AvgIpc) is 2.46. The zero-order valence-corrected chi connectivity index (χ0v) is 12.1. The standard InChI is InChI=1S/C16H17FN2S/c1-12-6-8-13(9-7-12)10-18-16(20)19-11-14-4-2-3-5-15(14)17/h2-9H,10-11H2,1H3,(H2,18,19,20). The predicted octanol–water partition coefficient (Wildman–Crippen LogP) is 3.30. The smallest absolute Gasteiger partial charge is 0.166 e. The molecule has 0 heterocycles. The lowest BCUT2D eigenvalue weighted by Gasteiger charge is -2.11. The van der Waals surface area contributed by atoms with Gasteiger partial charge in [-0.2, -0.15) is 0 Å². The van der Waals surface area contributed by atoms with Crippen LogP contribution in [0.3, 0.4) is 0 Å². The van der Waals surface area contributed by atoms with E-state index < -0.39 is 0 Å². The van der Waals surface area contributed by atoms with Crippen LogP contribution in [0.2, 0.25) is 0 Å². The van der Waals surface area contributed by atoms with E-state index in [9.17, 15) is 4.39 Å². The highest BCUT2D eigenvalue weighted by Crippen LogP contribution is 2.05. The Morgan fingerprint density at radius 2 is 1.65 bits per heavy atom. The van der Waals surface area contributed by atoms with Gasteiger partial charge in [0.2, 0.25) is 0 Å². The number of benzene rings is 2. The summed E-state index contributed by atoms with van der Waals surface area (Å²) >= 11 is 5.18. The minimum absolute atomic E-state index is 0.221. The van der Waals surface area contributed by atoms with Crippen molar-refractivity contribution in [1.29, 1.82) is 0 Å². The van der Waals surface area contributed by atoms with Crippen molar-refractivity contribution in [1.82, 2.24) is 10.6 Å². The number of aryl methyl sites for hydroxylation is 1. The summed E-state index contributed by atoms with van der Waals surface area (Å²) in [6.45, 7) is 3.09. The van der Waals surface area contributed by atoms with Crippen molar-refractivity contribution >= 4 is 17.3 Å². The van der Waals surface area contributed by atoms with Gasteiger partial charge in [0.25, 0.3) is 0 Å². The average molecular weight is 288 g/mol. The van der Waals surface area contributed by atoms with Gasteiger partial charge >= 0.3 is 0 Å². The first-order valence-electron chi connectivity index (χ1n) is 6.46. The Morgan fingerprint density at radius 3 is 2.35 bits per heavy atom. The number of hydrogen-bond acceptors (Lipinski definition) is 1. The summed E-state index contributed by atoms with van der Waals surface area (Å²) in [6, 6.07) is 14.9. The Hall–Kier alpha value is -1.94. The van der Waals surface area contributed by atoms with Gasteiger partial charge in [0.15, 0.2) is 5.11 Å². The van der Waals surface area contributed by atoms with Gasteiger partial charge < -0.3 is 10.6 Å². The minimum atomic E-state index is -0.221. The summed E-state index contributed by atoms with van der Waals surface area (Å²) < 4.78 is 13.4. The van der Waals surface area contributed by atoms with E-state index in [1.165, 1.54) is 11.6 Å². The maximum absolute atomic E-state index is 13.4. The lowest BCUT2D eigenvalue weighted by atomic mass is 10.1. The molecule has 2 N–H and O–H groups in total. The van der Waals surface area contributed by atoms with Gasteiger partial charge in [-0.1, -0.05) is 48.0 Å². The fourth-order valence-corrected chi connectivity index (χ4v) is 1.91. The molecule has 0 aliphatic heterocycles. The fourth-order valence-electron chi connectivity index (χ4n) is 1.77. The molecule has 0 aliphatic rings. The molecule has 0 atom stereocenters. The molecular formula is C16H17FN2S. The van der Waals surface area contributed by atoms with Gasteiger partial charge in [-0.25, -0.2) is 4.39 Å². The highest BCUT2D eigenvalue weighted by Gasteiger charge is 2.01. The fraction of sp³-hybridized carbons (Fsp3) is 0.188. The van der Waals surface area contributed by atoms with Gasteiger partial charge in [0.05, 0.1) is 0 Å². The Kier molecular flexibility index (Phi) is 5.07. The Labute approximate surface area is 124 Å². The Morgan fingerprint density at radius 1 is 1.00 bits per heavy atom. The molecule has 4 heteroatoms. The van der Waals surface area contributed by atoms with Crippen molar-refractivity contribution in [3.63, 3.8) is 0 Å². The first-order chi connectivity index (χ1) is 9.65. The van der Waals surface area contributed by atoms with Crippen LogP contribution in [-0.2, 0) is 13.1 Å². The van der Waals surface area contributed by atoms with E-state index in [1.807, 2.05) is 6.07 Å². The van der Waals surface area contributed by atoms with Crippen LogP contribution in [-0.4, -0.2) is 5.11 Å². The van der Waals surface area contributed by atoms with E-state index in [0.29, 0.717) is 23.8 Å². The molecule has 0 fully saturated rings. The molecule has 2 rings (SSSR count). The van der Waals surface area contributed by atoms with Crippen LogP contribution < -0.4 is 10.6 Å². The van der Waals surface area contributed by atoms with Crippen LogP contribution in [0.1, 0.15) is 16.7 Å². The van der Waals surface area contributed by atoms with Crippen molar-refractivity contribution in [2.24, 2.45) is 0 Å². The minimum Gasteiger partial charge on any atom is -0.359 e. The van der Waals surface area contributed by atoms with Crippen molar-refractivity contribution in [3.05, 3.63) is 71.0 Å². The molecule has 0 saturated carbocycles. The zero-order chi connectivity index (χ0) is 14.4. The highest BCUT2D eigenvalue weighted by atomic mass is 32.1. The van der Waals surface area contributed by atoms with Crippen LogP contribution >= 0.6 is 12.2 Å². The monoisotopic (exact) mass is 288 g/mol. The van der Waals surface area contributed by atoms with Crippen molar-refractivity contribution < 1.29 is 4.39 Å². The highest BCUT2D eigenvalue weighted by molar-refractivity contribution is 7.80. The lowest BCUT2D eigenvalue weighted by Crippen LogP contribution is -2.34. The van der Waals surface area contributed by atoms with Crippen LogP contribution in [0.5, 0.6) is 0 Å². The van der Waals surface area contributed by atoms with Gasteiger partial charge in [-0.3, -0.25) is 0 Å². The number of hydrogen-bond donors (Lipinski definition) is 2. The first kappa shape index (κ1) is 14.5. The van der Waals surface area contributed by atoms with Crippen molar-refractivity contribution in [3.8, 4) is 0 Å². The van der Waals surface area contributed by atoms with E-state index in [0.717, 1.165) is 5.56 Å². The van der Waals surface area contributed by atoms with E-state index in [-0.39, 0.29) is 5.82 Å². The van der Waals surface area contributed by atoms with Crippen LogP contribution in [0.4, 0.5) is 4.39 Å². The maximum Gasteiger partial charge on any atom is 0.166 e. The molecule has 0 aromatic heterocycles. The summed E-state index contributed by atoms with van der Waals surface area (Å²) in [5, 5.41) is 6.63. The van der Waals surface area contributed by atoms with Crippen LogP contribution in [0.15, 0.2) is 48.5 Å². The molecule has 2 nitrogen and oxygen atoms in total. The second-order valence-electron chi connectivity index (χ2n) is 4.61. The second-order valence-corrected chi connectivity index (χ2v) is 5.02. The SMILES string of the molecule is Cc1ccc(CNC(=S)NCc2ccccc2F)cc1. The Bertz CT molecular complexity index is 581. The van der Waals surface area contributed by atoms with Crippen molar-refractivity contribution in [2.75, 3.05) is 0 Å². The summed E-state index contributed by atoms with van der Waals surface area (Å²) in [5.74, 6) is -0.221. The number of thiocarbonyl (C=S) groups is 1. The van der Waals surface area contributed by atoms with Gasteiger partial charge in [0.1, 0.15) is 5.82 Å². The second kappa shape index (κ2) is 7.01. The molecule has 0 unspecified atom stereocenters. The van der Waals surface area contributed by atoms with E-state index in [1.54, 1.807) is 12.1 Å². The number of rotatable bonds is 4. The molecule has 0 saturated heterocycles. The molecule has 0 aliphatic carbocycles. The number of nitrogens with one attached hydrogen (secondary N) is 2. The molecule has 0 bridgehead atoms. The molecule has 0 amide bonds. The van der Waals surface area contributed by atoms with E-state index in [2.05, 4.69) is 41.8 Å². The van der Waals surface area contributed by atoms with E-state index >= 15 is 0 Å². The number of halogens is 1. The van der Waals surface area contributed by atoms with Crippen molar-refractivity contribution in [2.45, 2.75) is 20.0 Å². The van der Waals surface area contributed by atoms with Gasteiger partial charge in [0, 0.05) is 18.7 Å². The molecule has 2 aromatic rings. The van der Waals surface area contributed by atoms with Gasteiger partial charge in [-0.15, -0.1) is 0 Å². The predicted molar refractivity (Wildman–Crippen MR) is 83.9 cm³/mol. The van der Waals surface area contributed by atoms with Crippen LogP contribution in [0, 0.1) is 12.7 Å². The third kappa shape index (κ3) is 4.31. The zero-order valence-electron chi connectivity index (χ0n) is 11.3. The molecule has 104 valence electrons.